The number of sulfonamides is 1. The van der Waals surface area contributed by atoms with Crippen molar-refractivity contribution in [3.8, 4) is 0 Å². The Morgan fingerprint density at radius 3 is 2.44 bits per heavy atom. The van der Waals surface area contributed by atoms with E-state index in [0.717, 1.165) is 6.07 Å². The molecule has 8 heteroatoms. The van der Waals surface area contributed by atoms with Crippen LogP contribution in [-0.2, 0) is 10.0 Å². The summed E-state index contributed by atoms with van der Waals surface area (Å²) < 4.78 is 40.5. The summed E-state index contributed by atoms with van der Waals surface area (Å²) in [6, 6.07) is 9.28. The van der Waals surface area contributed by atoms with Crippen LogP contribution in [0.2, 0.25) is 5.02 Å². The first-order valence-corrected chi connectivity index (χ1v) is 9.51. The summed E-state index contributed by atoms with van der Waals surface area (Å²) in [5.74, 6) is -0.886. The molecule has 134 valence electrons. The molecule has 0 aliphatic heterocycles. The molecule has 0 atom stereocenters. The summed E-state index contributed by atoms with van der Waals surface area (Å²) in [7, 11) is -3.94. The highest BCUT2D eigenvalue weighted by atomic mass is 35.5. The zero-order valence-corrected chi connectivity index (χ0v) is 15.4. The maximum Gasteiger partial charge on any atom is 0.261 e. The van der Waals surface area contributed by atoms with Gasteiger partial charge in [0.05, 0.1) is 15.6 Å². The van der Waals surface area contributed by atoms with Gasteiger partial charge in [0.25, 0.3) is 15.9 Å². The van der Waals surface area contributed by atoms with Crippen molar-refractivity contribution >= 4 is 33.2 Å². The lowest BCUT2D eigenvalue weighted by atomic mass is 10.2. The van der Waals surface area contributed by atoms with E-state index in [4.69, 9.17) is 11.6 Å². The fraction of sp³-hybridized carbons (Fsp3) is 0.235. The number of carbonyl (C=O) groups is 1. The number of amides is 1. The van der Waals surface area contributed by atoms with E-state index in [9.17, 15) is 17.6 Å². The number of halogens is 2. The van der Waals surface area contributed by atoms with Gasteiger partial charge in [-0.3, -0.25) is 9.52 Å². The molecule has 1 N–H and O–H groups in total. The van der Waals surface area contributed by atoms with Crippen molar-refractivity contribution in [2.75, 3.05) is 17.8 Å². The van der Waals surface area contributed by atoms with Crippen molar-refractivity contribution in [2.24, 2.45) is 0 Å². The van der Waals surface area contributed by atoms with E-state index in [0.29, 0.717) is 13.1 Å². The number of benzene rings is 2. The molecule has 5 nitrogen and oxygen atoms in total. The molecule has 0 aromatic heterocycles. The van der Waals surface area contributed by atoms with Crippen molar-refractivity contribution in [3.63, 3.8) is 0 Å². The maximum absolute atomic E-state index is 13.2. The van der Waals surface area contributed by atoms with Gasteiger partial charge < -0.3 is 4.90 Å². The fourth-order valence-electron chi connectivity index (χ4n) is 2.26. The minimum atomic E-state index is -3.94. The van der Waals surface area contributed by atoms with Crippen molar-refractivity contribution < 1.29 is 17.6 Å². The molecule has 0 radical (unpaired) electrons. The van der Waals surface area contributed by atoms with E-state index >= 15 is 0 Å². The first-order chi connectivity index (χ1) is 11.8. The highest BCUT2D eigenvalue weighted by Gasteiger charge is 2.19. The molecule has 0 heterocycles. The van der Waals surface area contributed by atoms with Gasteiger partial charge in [0.15, 0.2) is 0 Å². The molecule has 0 aliphatic rings. The van der Waals surface area contributed by atoms with E-state index < -0.39 is 15.8 Å². The zero-order valence-electron chi connectivity index (χ0n) is 13.8. The van der Waals surface area contributed by atoms with E-state index in [-0.39, 0.29) is 27.1 Å². The Bertz CT molecular complexity index is 883. The largest absolute Gasteiger partial charge is 0.339 e. The van der Waals surface area contributed by atoms with E-state index in [1.54, 1.807) is 11.0 Å². The van der Waals surface area contributed by atoms with Gasteiger partial charge in [0.1, 0.15) is 5.82 Å². The van der Waals surface area contributed by atoms with Gasteiger partial charge in [0.2, 0.25) is 0 Å². The fourth-order valence-corrected chi connectivity index (χ4v) is 3.54. The number of nitrogens with one attached hydrogen (secondary N) is 1. The second-order valence-corrected chi connectivity index (χ2v) is 7.33. The quantitative estimate of drug-likeness (QED) is 0.824. The zero-order chi connectivity index (χ0) is 18.6. The van der Waals surface area contributed by atoms with Crippen LogP contribution in [0.4, 0.5) is 10.1 Å². The van der Waals surface area contributed by atoms with Crippen molar-refractivity contribution in [3.05, 3.63) is 58.9 Å². The molecule has 0 unspecified atom stereocenters. The predicted molar refractivity (Wildman–Crippen MR) is 95.9 cm³/mol. The van der Waals surface area contributed by atoms with Crippen LogP contribution in [0.1, 0.15) is 24.2 Å². The summed E-state index contributed by atoms with van der Waals surface area (Å²) in [5, 5.41) is -0.189. The molecule has 0 bridgehead atoms. The third-order valence-corrected chi connectivity index (χ3v) is 5.28. The average Bonchev–Trinajstić information content (AvgIpc) is 2.59. The molecule has 0 saturated carbocycles. The summed E-state index contributed by atoms with van der Waals surface area (Å²) in [5.41, 5.74) is 0.413. The molecule has 0 fully saturated rings. The Hall–Kier alpha value is -2.12. The lowest BCUT2D eigenvalue weighted by Crippen LogP contribution is -2.30. The number of carbonyl (C=O) groups excluding carboxylic acids is 1. The molecule has 2 aromatic rings. The van der Waals surface area contributed by atoms with E-state index in [2.05, 4.69) is 4.72 Å². The third kappa shape index (κ3) is 4.49. The van der Waals surface area contributed by atoms with Crippen molar-refractivity contribution in [2.45, 2.75) is 18.7 Å². The van der Waals surface area contributed by atoms with E-state index in [1.807, 2.05) is 13.8 Å². The van der Waals surface area contributed by atoms with Crippen LogP contribution in [0.15, 0.2) is 47.4 Å². The standard InChI is InChI=1S/C17H18ClFN2O3S/c1-3-21(4-2)17(22)12-6-5-7-14(10-12)25(23,24)20-13-8-9-16(19)15(18)11-13/h5-11,20H,3-4H2,1-2H3. The Labute approximate surface area is 151 Å². The van der Waals surface area contributed by atoms with Crippen LogP contribution in [0.5, 0.6) is 0 Å². The molecule has 0 spiro atoms. The Balaban J connectivity index is 2.32. The van der Waals surface area contributed by atoms with Gasteiger partial charge in [-0.25, -0.2) is 12.8 Å². The molecule has 2 rings (SSSR count). The van der Waals surface area contributed by atoms with Crippen LogP contribution in [0, 0.1) is 5.82 Å². The first kappa shape index (κ1) is 19.2. The molecule has 0 saturated heterocycles. The van der Waals surface area contributed by atoms with Crippen LogP contribution in [0.25, 0.3) is 0 Å². The monoisotopic (exact) mass is 384 g/mol. The average molecular weight is 385 g/mol. The van der Waals surface area contributed by atoms with Crippen LogP contribution in [-0.4, -0.2) is 32.3 Å². The molecule has 1 amide bonds. The predicted octanol–water partition coefficient (Wildman–Crippen LogP) is 3.76. The summed E-state index contributed by atoms with van der Waals surface area (Å²) in [6.45, 7) is 4.75. The third-order valence-electron chi connectivity index (χ3n) is 3.61. The Morgan fingerprint density at radius 2 is 1.84 bits per heavy atom. The van der Waals surface area contributed by atoms with Gasteiger partial charge in [-0.1, -0.05) is 17.7 Å². The molecule has 0 aliphatic carbocycles. The Morgan fingerprint density at radius 1 is 1.16 bits per heavy atom. The highest BCUT2D eigenvalue weighted by molar-refractivity contribution is 7.92. The number of anilines is 1. The smallest absolute Gasteiger partial charge is 0.261 e. The Kier molecular flexibility index (Phi) is 6.02. The molecule has 2 aromatic carbocycles. The SMILES string of the molecule is CCN(CC)C(=O)c1cccc(S(=O)(=O)Nc2ccc(F)c(Cl)c2)c1. The van der Waals surface area contributed by atoms with E-state index in [1.165, 1.54) is 30.3 Å². The maximum atomic E-state index is 13.2. The summed E-state index contributed by atoms with van der Waals surface area (Å²) >= 11 is 5.66. The van der Waals surface area contributed by atoms with Crippen LogP contribution in [0.3, 0.4) is 0 Å². The molecule has 25 heavy (non-hydrogen) atoms. The van der Waals surface area contributed by atoms with Gasteiger partial charge in [-0.05, 0) is 50.2 Å². The van der Waals surface area contributed by atoms with Gasteiger partial charge in [-0.2, -0.15) is 0 Å². The number of hydrogen-bond donors (Lipinski definition) is 1. The number of rotatable bonds is 6. The minimum Gasteiger partial charge on any atom is -0.339 e. The summed E-state index contributed by atoms with van der Waals surface area (Å²) in [4.78, 5) is 13.9. The second kappa shape index (κ2) is 7.84. The van der Waals surface area contributed by atoms with Gasteiger partial charge >= 0.3 is 0 Å². The highest BCUT2D eigenvalue weighted by Crippen LogP contribution is 2.22. The van der Waals surface area contributed by atoms with Crippen LogP contribution >= 0.6 is 11.6 Å². The lowest BCUT2D eigenvalue weighted by molar-refractivity contribution is 0.0772. The molecular formula is C17H18ClFN2O3S. The first-order valence-electron chi connectivity index (χ1n) is 7.65. The normalized spacial score (nSPS) is 11.2. The minimum absolute atomic E-state index is 0.0639. The van der Waals surface area contributed by atoms with Crippen molar-refractivity contribution in [1.82, 2.24) is 4.90 Å². The summed E-state index contributed by atoms with van der Waals surface area (Å²) in [6.07, 6.45) is 0. The van der Waals surface area contributed by atoms with Crippen LogP contribution < -0.4 is 4.72 Å². The number of nitrogens with zero attached hydrogens (tertiary/aromatic N) is 1. The topological polar surface area (TPSA) is 66.5 Å². The number of hydrogen-bond acceptors (Lipinski definition) is 3. The van der Waals surface area contributed by atoms with Gasteiger partial charge in [-0.15, -0.1) is 0 Å². The van der Waals surface area contributed by atoms with Crippen molar-refractivity contribution in [1.29, 1.82) is 0 Å². The lowest BCUT2D eigenvalue weighted by Gasteiger charge is -2.19. The van der Waals surface area contributed by atoms with Gasteiger partial charge in [0, 0.05) is 18.7 Å². The second-order valence-electron chi connectivity index (χ2n) is 5.24. The molecular weight excluding hydrogens is 367 g/mol.